The van der Waals surface area contributed by atoms with Crippen LogP contribution < -0.4 is 0 Å². The van der Waals surface area contributed by atoms with Crippen molar-refractivity contribution >= 4 is 22.5 Å². The zero-order valence-electron chi connectivity index (χ0n) is 20.6. The van der Waals surface area contributed by atoms with Gasteiger partial charge in [0, 0.05) is 53.3 Å². The van der Waals surface area contributed by atoms with Crippen LogP contribution in [0.5, 0.6) is 11.5 Å². The molecule has 0 aliphatic heterocycles. The van der Waals surface area contributed by atoms with Crippen LogP contribution >= 0.6 is 0 Å². The number of aromatic hydroxyl groups is 2. The highest BCUT2D eigenvalue weighted by Crippen LogP contribution is 2.34. The normalized spacial score (nSPS) is 13.9. The molecular weight excluding hydrogens is 412 g/mol. The summed E-state index contributed by atoms with van der Waals surface area (Å²) in [6.07, 6.45) is 4.76. The number of benzene rings is 2. The summed E-state index contributed by atoms with van der Waals surface area (Å²) in [5.41, 5.74) is 5.77. The first kappa shape index (κ1) is 24.6. The summed E-state index contributed by atoms with van der Waals surface area (Å²) in [6.45, 7) is 10.0. The molecular formula is C28H36N2O3. The molecule has 0 fully saturated rings. The predicted molar refractivity (Wildman–Crippen MR) is 135 cm³/mol. The van der Waals surface area contributed by atoms with Gasteiger partial charge in [0.15, 0.2) is 0 Å². The second-order valence-corrected chi connectivity index (χ2v) is 8.99. The van der Waals surface area contributed by atoms with Crippen molar-refractivity contribution in [2.24, 2.45) is 18.0 Å². The molecule has 0 saturated carbocycles. The number of rotatable bonds is 8. The molecule has 2 N–H and O–H groups in total. The molecule has 33 heavy (non-hydrogen) atoms. The summed E-state index contributed by atoms with van der Waals surface area (Å²) in [7, 11) is 2.05. The van der Waals surface area contributed by atoms with E-state index < -0.39 is 0 Å². The number of hydrogen-bond donors (Lipinski definition) is 2. The Bertz CT molecular complexity index is 1190. The number of aromatic nitrogens is 1. The Hall–Kier alpha value is -3.08. The van der Waals surface area contributed by atoms with Gasteiger partial charge in [-0.3, -0.25) is 4.79 Å². The minimum absolute atomic E-state index is 0.0318. The number of aryl methyl sites for hydroxylation is 3. The van der Waals surface area contributed by atoms with Crippen LogP contribution in [0.25, 0.3) is 10.9 Å². The molecule has 3 aromatic rings. The average molecular weight is 449 g/mol. The van der Waals surface area contributed by atoms with Crippen molar-refractivity contribution < 1.29 is 15.0 Å². The monoisotopic (exact) mass is 448 g/mol. The summed E-state index contributed by atoms with van der Waals surface area (Å²) in [4.78, 5) is 17.7. The molecule has 1 heterocycles. The third kappa shape index (κ3) is 5.13. The Morgan fingerprint density at radius 1 is 1.09 bits per heavy atom. The fourth-order valence-electron chi connectivity index (χ4n) is 4.62. The molecule has 0 spiro atoms. The van der Waals surface area contributed by atoms with Crippen LogP contribution in [0.15, 0.2) is 41.5 Å². The van der Waals surface area contributed by atoms with Gasteiger partial charge in [-0.2, -0.15) is 0 Å². The third-order valence-electron chi connectivity index (χ3n) is 6.77. The second kappa shape index (κ2) is 10.2. The lowest BCUT2D eigenvalue weighted by atomic mass is 9.90. The Kier molecular flexibility index (Phi) is 7.62. The molecule has 0 aliphatic rings. The van der Waals surface area contributed by atoms with E-state index in [-0.39, 0.29) is 29.2 Å². The van der Waals surface area contributed by atoms with Crippen LogP contribution in [0.3, 0.4) is 0 Å². The maximum Gasteiger partial charge on any atom is 0.249 e. The zero-order valence-corrected chi connectivity index (χ0v) is 20.6. The SMILES string of the molecule is CCC(=NC(=O)C(CC)Cc1ccc2c(c1)c(C)cn2C)C(C)c1cc(CC)c(O)cc1O. The van der Waals surface area contributed by atoms with Crippen molar-refractivity contribution in [1.29, 1.82) is 0 Å². The first-order valence-corrected chi connectivity index (χ1v) is 11.9. The first-order valence-electron chi connectivity index (χ1n) is 11.9. The lowest BCUT2D eigenvalue weighted by Crippen LogP contribution is -2.19. The molecule has 3 rings (SSSR count). The third-order valence-corrected chi connectivity index (χ3v) is 6.77. The standard InChI is InChI=1S/C28H36N2O3/c1-7-20-14-23(27(32)15-26(20)31)18(5)24(9-3)29-28(33)21(8-2)12-19-10-11-25-22(13-19)17(4)16-30(25)6/h10-11,13-16,18,21,31-32H,7-9,12H2,1-6H3. The molecule has 0 aliphatic carbocycles. The topological polar surface area (TPSA) is 74.8 Å². The Labute approximate surface area is 196 Å². The number of amides is 1. The number of fused-ring (bicyclic) bond motifs is 1. The van der Waals surface area contributed by atoms with E-state index in [1.165, 1.54) is 22.5 Å². The largest absolute Gasteiger partial charge is 0.508 e. The molecule has 0 saturated heterocycles. The van der Waals surface area contributed by atoms with Crippen molar-refractivity contribution in [3.05, 3.63) is 58.8 Å². The van der Waals surface area contributed by atoms with Crippen molar-refractivity contribution in [1.82, 2.24) is 4.57 Å². The Morgan fingerprint density at radius 3 is 2.45 bits per heavy atom. The molecule has 2 atom stereocenters. The molecule has 1 amide bonds. The van der Waals surface area contributed by atoms with E-state index in [1.807, 2.05) is 40.8 Å². The number of hydrogen-bond acceptors (Lipinski definition) is 3. The molecule has 0 radical (unpaired) electrons. The lowest BCUT2D eigenvalue weighted by Gasteiger charge is -2.18. The highest BCUT2D eigenvalue weighted by atomic mass is 16.3. The van der Waals surface area contributed by atoms with Gasteiger partial charge in [-0.05, 0) is 67.5 Å². The van der Waals surface area contributed by atoms with Crippen LogP contribution in [0.1, 0.15) is 68.7 Å². The van der Waals surface area contributed by atoms with Gasteiger partial charge >= 0.3 is 0 Å². The van der Waals surface area contributed by atoms with Gasteiger partial charge in [0.05, 0.1) is 0 Å². The summed E-state index contributed by atoms with van der Waals surface area (Å²) >= 11 is 0. The number of aliphatic imine (C=N–C) groups is 1. The number of phenolic OH excluding ortho intramolecular Hbond substituents is 2. The van der Waals surface area contributed by atoms with E-state index in [2.05, 4.69) is 40.9 Å². The van der Waals surface area contributed by atoms with E-state index in [4.69, 9.17) is 0 Å². The van der Waals surface area contributed by atoms with E-state index in [1.54, 1.807) is 0 Å². The van der Waals surface area contributed by atoms with Gasteiger partial charge in [0.2, 0.25) is 5.91 Å². The summed E-state index contributed by atoms with van der Waals surface area (Å²) in [6, 6.07) is 9.62. The van der Waals surface area contributed by atoms with E-state index in [9.17, 15) is 15.0 Å². The van der Waals surface area contributed by atoms with Gasteiger partial charge in [0.25, 0.3) is 0 Å². The zero-order chi connectivity index (χ0) is 24.3. The minimum Gasteiger partial charge on any atom is -0.508 e. The van der Waals surface area contributed by atoms with Crippen LogP contribution in [0.4, 0.5) is 0 Å². The fourth-order valence-corrected chi connectivity index (χ4v) is 4.62. The fraction of sp³-hybridized carbons (Fsp3) is 0.429. The maximum atomic E-state index is 13.2. The first-order chi connectivity index (χ1) is 15.7. The number of phenols is 2. The summed E-state index contributed by atoms with van der Waals surface area (Å²) in [5.74, 6) is -0.399. The maximum absolute atomic E-state index is 13.2. The van der Waals surface area contributed by atoms with E-state index in [0.717, 1.165) is 16.8 Å². The van der Waals surface area contributed by atoms with Crippen LogP contribution in [0, 0.1) is 12.8 Å². The second-order valence-electron chi connectivity index (χ2n) is 8.99. The molecule has 1 aromatic heterocycles. The highest BCUT2D eigenvalue weighted by molar-refractivity contribution is 6.00. The molecule has 0 bridgehead atoms. The van der Waals surface area contributed by atoms with E-state index >= 15 is 0 Å². The van der Waals surface area contributed by atoms with Crippen LogP contribution in [-0.4, -0.2) is 26.4 Å². The van der Waals surface area contributed by atoms with Crippen LogP contribution in [0.2, 0.25) is 0 Å². The molecule has 2 aromatic carbocycles. The Morgan fingerprint density at radius 2 is 1.82 bits per heavy atom. The quantitative estimate of drug-likeness (QED) is 0.402. The van der Waals surface area contributed by atoms with Gasteiger partial charge < -0.3 is 14.8 Å². The Balaban J connectivity index is 1.85. The van der Waals surface area contributed by atoms with Gasteiger partial charge in [-0.1, -0.05) is 33.8 Å². The summed E-state index contributed by atoms with van der Waals surface area (Å²) in [5, 5.41) is 21.7. The van der Waals surface area contributed by atoms with Gasteiger partial charge in [0.1, 0.15) is 11.5 Å². The molecule has 2 unspecified atom stereocenters. The van der Waals surface area contributed by atoms with Crippen molar-refractivity contribution in [2.75, 3.05) is 0 Å². The highest BCUT2D eigenvalue weighted by Gasteiger charge is 2.22. The van der Waals surface area contributed by atoms with Crippen molar-refractivity contribution in [3.8, 4) is 11.5 Å². The van der Waals surface area contributed by atoms with Crippen molar-refractivity contribution in [3.63, 3.8) is 0 Å². The average Bonchev–Trinajstić information content (AvgIpc) is 3.08. The summed E-state index contributed by atoms with van der Waals surface area (Å²) < 4.78 is 2.12. The molecule has 176 valence electrons. The lowest BCUT2D eigenvalue weighted by molar-refractivity contribution is -0.121. The number of carbonyl (C=O) groups excluding carboxylic acids is 1. The number of carbonyl (C=O) groups is 1. The number of nitrogens with zero attached hydrogens (tertiary/aromatic N) is 2. The molecule has 5 nitrogen and oxygen atoms in total. The van der Waals surface area contributed by atoms with Gasteiger partial charge in [-0.25, -0.2) is 4.99 Å². The van der Waals surface area contributed by atoms with Gasteiger partial charge in [-0.15, -0.1) is 0 Å². The van der Waals surface area contributed by atoms with Crippen molar-refractivity contribution in [2.45, 2.75) is 66.2 Å². The molecule has 5 heteroatoms. The van der Waals surface area contributed by atoms with E-state index in [0.29, 0.717) is 31.2 Å². The smallest absolute Gasteiger partial charge is 0.249 e. The predicted octanol–water partition coefficient (Wildman–Crippen LogP) is 6.21. The van der Waals surface area contributed by atoms with Crippen LogP contribution in [-0.2, 0) is 24.7 Å². The minimum atomic E-state index is -0.217.